The minimum atomic E-state index is -0.472. The van der Waals surface area contributed by atoms with Crippen molar-refractivity contribution in [3.63, 3.8) is 0 Å². The zero-order valence-corrected chi connectivity index (χ0v) is 21.1. The third-order valence-corrected chi connectivity index (χ3v) is 6.50. The predicted molar refractivity (Wildman–Crippen MR) is 140 cm³/mol. The maximum Gasteiger partial charge on any atom is 0.227 e. The van der Waals surface area contributed by atoms with E-state index in [1.165, 1.54) is 12.1 Å². The first kappa shape index (κ1) is 25.0. The summed E-state index contributed by atoms with van der Waals surface area (Å²) in [6.45, 7) is 4.26. The molecule has 36 heavy (non-hydrogen) atoms. The minimum Gasteiger partial charge on any atom is -0.493 e. The Balaban J connectivity index is 1.74. The Labute approximate surface area is 211 Å². The molecular formula is C30H30FNO4. The van der Waals surface area contributed by atoms with E-state index in [1.807, 2.05) is 62.4 Å². The highest BCUT2D eigenvalue weighted by atomic mass is 19.1. The molecule has 5 nitrogen and oxygen atoms in total. The number of fused-ring (bicyclic) bond motifs is 1. The summed E-state index contributed by atoms with van der Waals surface area (Å²) in [6.07, 6.45) is 2.00. The highest BCUT2D eigenvalue weighted by Crippen LogP contribution is 2.46. The van der Waals surface area contributed by atoms with E-state index in [-0.39, 0.29) is 11.7 Å². The van der Waals surface area contributed by atoms with E-state index >= 15 is 0 Å². The van der Waals surface area contributed by atoms with Crippen molar-refractivity contribution < 1.29 is 23.4 Å². The topological polar surface area (TPSA) is 56.8 Å². The average molecular weight is 488 g/mol. The molecule has 1 amide bonds. The standard InChI is InChI=1S/C30H30FNO4/c1-18-24(13-21-14-26(34-3)29(36-5)27(15-21)35-4)23-12-11-22(31)16-25(23)28(18)19(2)30(33)32-17-20-9-7-6-8-10-20/h6-16,19H,17H2,1-5H3,(H,32,33)/b24-13-. The van der Waals surface area contributed by atoms with Gasteiger partial charge in [-0.3, -0.25) is 4.79 Å². The highest BCUT2D eigenvalue weighted by molar-refractivity contribution is 6.09. The van der Waals surface area contributed by atoms with E-state index in [0.29, 0.717) is 23.8 Å². The molecule has 0 spiro atoms. The first-order valence-corrected chi connectivity index (χ1v) is 11.7. The summed E-state index contributed by atoms with van der Waals surface area (Å²) in [5.74, 6) is 0.656. The SMILES string of the molecule is COc1cc(/C=C2/C(C)=C(C(C)C(=O)NCc3ccccc3)c3cc(F)ccc32)cc(OC)c1OC. The molecule has 3 aromatic carbocycles. The van der Waals surface area contributed by atoms with Gasteiger partial charge >= 0.3 is 0 Å². The smallest absolute Gasteiger partial charge is 0.227 e. The second-order valence-corrected chi connectivity index (χ2v) is 8.67. The number of methoxy groups -OCH3 is 3. The summed E-state index contributed by atoms with van der Waals surface area (Å²) in [6, 6.07) is 18.2. The molecule has 186 valence electrons. The number of ether oxygens (including phenoxy) is 3. The molecule has 1 N–H and O–H groups in total. The van der Waals surface area contributed by atoms with Crippen LogP contribution in [0.25, 0.3) is 17.2 Å². The molecule has 0 fully saturated rings. The highest BCUT2D eigenvalue weighted by Gasteiger charge is 2.31. The third-order valence-electron chi connectivity index (χ3n) is 6.50. The molecule has 1 unspecified atom stereocenters. The molecule has 1 aliphatic rings. The Bertz CT molecular complexity index is 1320. The predicted octanol–water partition coefficient (Wildman–Crippen LogP) is 6.13. The molecule has 0 saturated carbocycles. The molecule has 0 saturated heterocycles. The molecule has 1 aliphatic carbocycles. The maximum absolute atomic E-state index is 14.3. The van der Waals surface area contributed by atoms with E-state index in [9.17, 15) is 9.18 Å². The number of nitrogens with one attached hydrogen (secondary N) is 1. The van der Waals surface area contributed by atoms with Crippen LogP contribution in [0.1, 0.15) is 36.1 Å². The van der Waals surface area contributed by atoms with Crippen molar-refractivity contribution in [1.82, 2.24) is 5.32 Å². The van der Waals surface area contributed by atoms with Crippen LogP contribution in [0, 0.1) is 11.7 Å². The van der Waals surface area contributed by atoms with Crippen LogP contribution in [0.3, 0.4) is 0 Å². The second kappa shape index (κ2) is 10.7. The lowest BCUT2D eigenvalue weighted by atomic mass is 9.92. The van der Waals surface area contributed by atoms with Crippen LogP contribution in [-0.4, -0.2) is 27.2 Å². The Morgan fingerprint density at radius 3 is 2.22 bits per heavy atom. The van der Waals surface area contributed by atoms with Gasteiger partial charge in [-0.2, -0.15) is 0 Å². The number of rotatable bonds is 8. The van der Waals surface area contributed by atoms with E-state index in [1.54, 1.807) is 27.4 Å². The van der Waals surface area contributed by atoms with Gasteiger partial charge in [0.15, 0.2) is 11.5 Å². The maximum atomic E-state index is 14.3. The lowest BCUT2D eigenvalue weighted by molar-refractivity contribution is -0.123. The molecule has 1 atom stereocenters. The zero-order chi connectivity index (χ0) is 25.8. The minimum absolute atomic E-state index is 0.113. The van der Waals surface area contributed by atoms with Crippen molar-refractivity contribution >= 4 is 23.1 Å². The van der Waals surface area contributed by atoms with Gasteiger partial charge in [-0.15, -0.1) is 0 Å². The van der Waals surface area contributed by atoms with Crippen LogP contribution in [0.5, 0.6) is 17.2 Å². The normalized spacial score (nSPS) is 14.4. The van der Waals surface area contributed by atoms with Crippen LogP contribution < -0.4 is 19.5 Å². The van der Waals surface area contributed by atoms with Gasteiger partial charge in [0, 0.05) is 6.54 Å². The van der Waals surface area contributed by atoms with E-state index < -0.39 is 5.92 Å². The molecule has 0 aromatic heterocycles. The Morgan fingerprint density at radius 1 is 0.944 bits per heavy atom. The van der Waals surface area contributed by atoms with E-state index in [4.69, 9.17) is 14.2 Å². The van der Waals surface area contributed by atoms with Crippen molar-refractivity contribution in [1.29, 1.82) is 0 Å². The summed E-state index contributed by atoms with van der Waals surface area (Å²) >= 11 is 0. The number of benzene rings is 3. The third kappa shape index (κ3) is 4.85. The quantitative estimate of drug-likeness (QED) is 0.415. The van der Waals surface area contributed by atoms with Crippen molar-refractivity contribution in [3.05, 3.63) is 94.3 Å². The number of allylic oxidation sites excluding steroid dienone is 2. The summed E-state index contributed by atoms with van der Waals surface area (Å²) in [5.41, 5.74) is 6.10. The number of amides is 1. The van der Waals surface area contributed by atoms with Gasteiger partial charge in [-0.05, 0) is 83.2 Å². The first-order chi connectivity index (χ1) is 17.4. The number of hydrogen-bond donors (Lipinski definition) is 1. The fourth-order valence-corrected chi connectivity index (χ4v) is 4.69. The number of hydrogen-bond acceptors (Lipinski definition) is 4. The Morgan fingerprint density at radius 2 is 1.61 bits per heavy atom. The Hall–Kier alpha value is -4.06. The monoisotopic (exact) mass is 487 g/mol. The molecule has 6 heteroatoms. The first-order valence-electron chi connectivity index (χ1n) is 11.7. The Kier molecular flexibility index (Phi) is 7.44. The molecular weight excluding hydrogens is 457 g/mol. The summed E-state index contributed by atoms with van der Waals surface area (Å²) in [4.78, 5) is 13.1. The van der Waals surface area contributed by atoms with Gasteiger partial charge in [0.05, 0.1) is 27.2 Å². The van der Waals surface area contributed by atoms with Crippen molar-refractivity contribution in [2.45, 2.75) is 20.4 Å². The zero-order valence-electron chi connectivity index (χ0n) is 21.1. The molecule has 0 heterocycles. The second-order valence-electron chi connectivity index (χ2n) is 8.67. The van der Waals surface area contributed by atoms with Gasteiger partial charge in [0.2, 0.25) is 11.7 Å². The van der Waals surface area contributed by atoms with Crippen molar-refractivity contribution in [2.75, 3.05) is 21.3 Å². The molecule has 0 aliphatic heterocycles. The molecule has 0 radical (unpaired) electrons. The van der Waals surface area contributed by atoms with Crippen molar-refractivity contribution in [2.24, 2.45) is 5.92 Å². The largest absolute Gasteiger partial charge is 0.493 e. The van der Waals surface area contributed by atoms with E-state index in [2.05, 4.69) is 5.32 Å². The lowest BCUT2D eigenvalue weighted by Crippen LogP contribution is -2.29. The fourth-order valence-electron chi connectivity index (χ4n) is 4.69. The van der Waals surface area contributed by atoms with Crippen LogP contribution >= 0.6 is 0 Å². The van der Waals surface area contributed by atoms with Gasteiger partial charge in [0.1, 0.15) is 5.82 Å². The summed E-state index contributed by atoms with van der Waals surface area (Å²) in [5, 5.41) is 3.02. The fraction of sp³-hybridized carbons (Fsp3) is 0.233. The number of carbonyl (C=O) groups excluding carboxylic acids is 1. The average Bonchev–Trinajstić information content (AvgIpc) is 3.16. The van der Waals surface area contributed by atoms with Crippen LogP contribution in [0.2, 0.25) is 0 Å². The van der Waals surface area contributed by atoms with Crippen molar-refractivity contribution in [3.8, 4) is 17.2 Å². The summed E-state index contributed by atoms with van der Waals surface area (Å²) in [7, 11) is 4.70. The van der Waals surface area contributed by atoms with Gasteiger partial charge in [-0.25, -0.2) is 4.39 Å². The van der Waals surface area contributed by atoms with Gasteiger partial charge < -0.3 is 19.5 Å². The molecule has 0 bridgehead atoms. The van der Waals surface area contributed by atoms with Gasteiger partial charge in [0.25, 0.3) is 0 Å². The van der Waals surface area contributed by atoms with E-state index in [0.717, 1.165) is 39.0 Å². The number of carbonyl (C=O) groups is 1. The van der Waals surface area contributed by atoms with Crippen LogP contribution in [-0.2, 0) is 11.3 Å². The van der Waals surface area contributed by atoms with Crippen LogP contribution in [0.15, 0.2) is 66.2 Å². The molecule has 4 rings (SSSR count). The molecule has 3 aromatic rings. The summed E-state index contributed by atoms with van der Waals surface area (Å²) < 4.78 is 30.8. The van der Waals surface area contributed by atoms with Crippen LogP contribution in [0.4, 0.5) is 4.39 Å². The van der Waals surface area contributed by atoms with Gasteiger partial charge in [-0.1, -0.05) is 36.4 Å². The number of halogens is 1. The lowest BCUT2D eigenvalue weighted by Gasteiger charge is -2.16.